The summed E-state index contributed by atoms with van der Waals surface area (Å²) in [6, 6.07) is 7.66. The number of likely N-dealkylation sites (tertiary alicyclic amines) is 1. The largest absolute Gasteiger partial charge is 0.424 e. The molecule has 1 aliphatic heterocycles. The normalized spacial score (nSPS) is 17.1. The highest BCUT2D eigenvalue weighted by Crippen LogP contribution is 2.19. The predicted molar refractivity (Wildman–Crippen MR) is 77.5 cm³/mol. The van der Waals surface area contributed by atoms with Crippen molar-refractivity contribution in [1.82, 2.24) is 9.88 Å². The molecule has 1 amide bonds. The van der Waals surface area contributed by atoms with Crippen LogP contribution in [0.2, 0.25) is 0 Å². The Morgan fingerprint density at radius 3 is 2.80 bits per heavy atom. The number of amides is 1. The molecular formula is C15H19N3O2. The van der Waals surface area contributed by atoms with Crippen molar-refractivity contribution in [2.75, 3.05) is 18.4 Å². The number of para-hydroxylation sites is 2. The van der Waals surface area contributed by atoms with Crippen LogP contribution in [-0.2, 0) is 4.79 Å². The fourth-order valence-corrected chi connectivity index (χ4v) is 2.57. The minimum absolute atomic E-state index is 0.118. The first kappa shape index (κ1) is 13.0. The molecule has 2 heterocycles. The van der Waals surface area contributed by atoms with Crippen LogP contribution in [0.25, 0.3) is 11.1 Å². The smallest absolute Gasteiger partial charge is 0.296 e. The van der Waals surface area contributed by atoms with Gasteiger partial charge >= 0.3 is 0 Å². The standard InChI is InChI=1S/C15H19N3O2/c1-11(14(19)18-9-5-2-6-10-18)16-15-17-12-7-3-4-8-13(12)20-15/h3-4,7-8,11H,2,5-6,9-10H2,1H3,(H,16,17). The summed E-state index contributed by atoms with van der Waals surface area (Å²) < 4.78 is 5.58. The molecule has 0 radical (unpaired) electrons. The summed E-state index contributed by atoms with van der Waals surface area (Å²) in [6.07, 6.45) is 3.42. The van der Waals surface area contributed by atoms with E-state index in [1.165, 1.54) is 6.42 Å². The summed E-state index contributed by atoms with van der Waals surface area (Å²) in [5.41, 5.74) is 1.53. The maximum absolute atomic E-state index is 12.3. The highest BCUT2D eigenvalue weighted by atomic mass is 16.4. The number of nitrogens with zero attached hydrogens (tertiary/aromatic N) is 2. The van der Waals surface area contributed by atoms with Crippen molar-refractivity contribution in [3.05, 3.63) is 24.3 Å². The SMILES string of the molecule is CC(Nc1nc2ccccc2o1)C(=O)N1CCCCC1. The molecule has 1 atom stereocenters. The summed E-state index contributed by atoms with van der Waals surface area (Å²) in [4.78, 5) is 18.6. The highest BCUT2D eigenvalue weighted by Gasteiger charge is 2.23. The number of piperidine rings is 1. The third-order valence-corrected chi connectivity index (χ3v) is 3.67. The first-order valence-corrected chi connectivity index (χ1v) is 7.15. The number of fused-ring (bicyclic) bond motifs is 1. The predicted octanol–water partition coefficient (Wildman–Crippen LogP) is 2.64. The molecule has 0 spiro atoms. The molecule has 1 aromatic heterocycles. The van der Waals surface area contributed by atoms with E-state index in [9.17, 15) is 4.79 Å². The Bertz CT molecular complexity index is 569. The third-order valence-electron chi connectivity index (χ3n) is 3.67. The minimum Gasteiger partial charge on any atom is -0.424 e. The molecule has 106 valence electrons. The Morgan fingerprint density at radius 2 is 2.05 bits per heavy atom. The average molecular weight is 273 g/mol. The van der Waals surface area contributed by atoms with E-state index in [4.69, 9.17) is 4.42 Å². The van der Waals surface area contributed by atoms with Crippen molar-refractivity contribution in [2.24, 2.45) is 0 Å². The maximum Gasteiger partial charge on any atom is 0.296 e. The van der Waals surface area contributed by atoms with Gasteiger partial charge in [0.1, 0.15) is 11.6 Å². The van der Waals surface area contributed by atoms with Gasteiger partial charge in [0.25, 0.3) is 6.01 Å². The molecule has 5 heteroatoms. The lowest BCUT2D eigenvalue weighted by molar-refractivity contribution is -0.132. The van der Waals surface area contributed by atoms with Crippen molar-refractivity contribution in [2.45, 2.75) is 32.2 Å². The third kappa shape index (κ3) is 2.61. The Morgan fingerprint density at radius 1 is 1.30 bits per heavy atom. The molecule has 1 fully saturated rings. The molecule has 1 saturated heterocycles. The Kier molecular flexibility index (Phi) is 3.58. The van der Waals surface area contributed by atoms with Gasteiger partial charge in [-0.2, -0.15) is 4.98 Å². The van der Waals surface area contributed by atoms with Crippen LogP contribution < -0.4 is 5.32 Å². The van der Waals surface area contributed by atoms with E-state index in [0.717, 1.165) is 37.0 Å². The Hall–Kier alpha value is -2.04. The number of hydrogen-bond donors (Lipinski definition) is 1. The summed E-state index contributed by atoms with van der Waals surface area (Å²) >= 11 is 0. The van der Waals surface area contributed by atoms with Gasteiger partial charge in [0.2, 0.25) is 5.91 Å². The lowest BCUT2D eigenvalue weighted by atomic mass is 10.1. The van der Waals surface area contributed by atoms with Crippen LogP contribution in [0.1, 0.15) is 26.2 Å². The van der Waals surface area contributed by atoms with Crippen LogP contribution in [0.5, 0.6) is 0 Å². The summed E-state index contributed by atoms with van der Waals surface area (Å²) in [5, 5.41) is 3.06. The van der Waals surface area contributed by atoms with E-state index in [1.807, 2.05) is 36.1 Å². The summed E-state index contributed by atoms with van der Waals surface area (Å²) in [6.45, 7) is 3.57. The molecule has 1 aromatic carbocycles. The molecule has 1 aliphatic rings. The van der Waals surface area contributed by atoms with Crippen molar-refractivity contribution in [3.8, 4) is 0 Å². The van der Waals surface area contributed by atoms with Crippen LogP contribution >= 0.6 is 0 Å². The Balaban J connectivity index is 1.68. The van der Waals surface area contributed by atoms with Gasteiger partial charge in [-0.15, -0.1) is 0 Å². The molecule has 3 rings (SSSR count). The summed E-state index contributed by atoms with van der Waals surface area (Å²) in [5.74, 6) is 0.118. The maximum atomic E-state index is 12.3. The minimum atomic E-state index is -0.318. The van der Waals surface area contributed by atoms with E-state index >= 15 is 0 Å². The van der Waals surface area contributed by atoms with Crippen molar-refractivity contribution in [1.29, 1.82) is 0 Å². The van der Waals surface area contributed by atoms with Gasteiger partial charge < -0.3 is 14.6 Å². The van der Waals surface area contributed by atoms with Crippen LogP contribution in [0, 0.1) is 0 Å². The van der Waals surface area contributed by atoms with Crippen molar-refractivity contribution < 1.29 is 9.21 Å². The fourth-order valence-electron chi connectivity index (χ4n) is 2.57. The fraction of sp³-hybridized carbons (Fsp3) is 0.467. The van der Waals surface area contributed by atoms with Gasteiger partial charge in [0.15, 0.2) is 5.58 Å². The number of oxazole rings is 1. The van der Waals surface area contributed by atoms with Crippen molar-refractivity contribution >= 4 is 23.0 Å². The lowest BCUT2D eigenvalue weighted by Gasteiger charge is -2.29. The first-order valence-electron chi connectivity index (χ1n) is 7.15. The second-order valence-corrected chi connectivity index (χ2v) is 5.24. The second kappa shape index (κ2) is 5.53. The van der Waals surface area contributed by atoms with Crippen LogP contribution in [0.3, 0.4) is 0 Å². The number of benzene rings is 1. The molecular weight excluding hydrogens is 254 g/mol. The summed E-state index contributed by atoms with van der Waals surface area (Å²) in [7, 11) is 0. The molecule has 5 nitrogen and oxygen atoms in total. The van der Waals surface area contributed by atoms with Gasteiger partial charge in [-0.1, -0.05) is 12.1 Å². The number of carbonyl (C=O) groups excluding carboxylic acids is 1. The van der Waals surface area contributed by atoms with Crippen LogP contribution in [0.15, 0.2) is 28.7 Å². The number of carbonyl (C=O) groups is 1. The molecule has 0 bridgehead atoms. The quantitative estimate of drug-likeness (QED) is 0.934. The number of anilines is 1. The second-order valence-electron chi connectivity index (χ2n) is 5.24. The zero-order valence-corrected chi connectivity index (χ0v) is 11.6. The molecule has 2 aromatic rings. The van der Waals surface area contributed by atoms with E-state index in [2.05, 4.69) is 10.3 Å². The van der Waals surface area contributed by atoms with E-state index < -0.39 is 0 Å². The van der Waals surface area contributed by atoms with Gasteiger partial charge in [-0.05, 0) is 38.3 Å². The molecule has 20 heavy (non-hydrogen) atoms. The number of aromatic nitrogens is 1. The van der Waals surface area contributed by atoms with Gasteiger partial charge in [0, 0.05) is 13.1 Å². The van der Waals surface area contributed by atoms with Crippen LogP contribution in [-0.4, -0.2) is 34.9 Å². The number of rotatable bonds is 3. The van der Waals surface area contributed by atoms with Crippen molar-refractivity contribution in [3.63, 3.8) is 0 Å². The molecule has 1 N–H and O–H groups in total. The van der Waals surface area contributed by atoms with E-state index in [0.29, 0.717) is 6.01 Å². The van der Waals surface area contributed by atoms with E-state index in [-0.39, 0.29) is 11.9 Å². The molecule has 1 unspecified atom stereocenters. The molecule has 0 aliphatic carbocycles. The van der Waals surface area contributed by atoms with Gasteiger partial charge in [-0.25, -0.2) is 0 Å². The first-order chi connectivity index (χ1) is 9.74. The number of hydrogen-bond acceptors (Lipinski definition) is 4. The Labute approximate surface area is 118 Å². The lowest BCUT2D eigenvalue weighted by Crippen LogP contribution is -2.43. The number of nitrogens with one attached hydrogen (secondary N) is 1. The van der Waals surface area contributed by atoms with E-state index in [1.54, 1.807) is 0 Å². The monoisotopic (exact) mass is 273 g/mol. The zero-order chi connectivity index (χ0) is 13.9. The molecule has 0 saturated carbocycles. The average Bonchev–Trinajstić information content (AvgIpc) is 2.89. The topological polar surface area (TPSA) is 58.4 Å². The zero-order valence-electron chi connectivity index (χ0n) is 11.6. The van der Waals surface area contributed by atoms with Crippen LogP contribution in [0.4, 0.5) is 6.01 Å². The highest BCUT2D eigenvalue weighted by molar-refractivity contribution is 5.84. The van der Waals surface area contributed by atoms with Gasteiger partial charge in [-0.3, -0.25) is 4.79 Å². The van der Waals surface area contributed by atoms with Gasteiger partial charge in [0.05, 0.1) is 0 Å².